The van der Waals surface area contributed by atoms with Gasteiger partial charge in [0.15, 0.2) is 0 Å². The van der Waals surface area contributed by atoms with Crippen molar-refractivity contribution >= 4 is 48.4 Å². The summed E-state index contributed by atoms with van der Waals surface area (Å²) in [5, 5.41) is 0. The SMILES string of the molecule is CCCC[PH](CCC)(CCCC)CCCC1(CP)c2cc(Br)ccc2-c2ccc(Br)cc21. The molecule has 32 heavy (non-hydrogen) atoms. The van der Waals surface area contributed by atoms with E-state index in [4.69, 9.17) is 0 Å². The van der Waals surface area contributed by atoms with Crippen LogP contribution in [0.5, 0.6) is 0 Å². The van der Waals surface area contributed by atoms with Crippen LogP contribution in [0.1, 0.15) is 76.8 Å². The summed E-state index contributed by atoms with van der Waals surface area (Å²) in [6.07, 6.45) is 16.8. The van der Waals surface area contributed by atoms with Gasteiger partial charge in [-0.25, -0.2) is 0 Å². The average Bonchev–Trinajstić information content (AvgIpc) is 3.05. The molecule has 0 N–H and O–H groups in total. The van der Waals surface area contributed by atoms with Crippen molar-refractivity contribution in [1.82, 2.24) is 0 Å². The quantitative estimate of drug-likeness (QED) is 0.201. The van der Waals surface area contributed by atoms with Gasteiger partial charge in [0.25, 0.3) is 0 Å². The van der Waals surface area contributed by atoms with Crippen molar-refractivity contribution in [1.29, 1.82) is 0 Å². The van der Waals surface area contributed by atoms with E-state index >= 15 is 0 Å². The summed E-state index contributed by atoms with van der Waals surface area (Å²) in [6, 6.07) is 13.9. The van der Waals surface area contributed by atoms with Crippen LogP contribution >= 0.6 is 48.4 Å². The fourth-order valence-corrected chi connectivity index (χ4v) is 13.2. The minimum absolute atomic E-state index is 0.116. The van der Waals surface area contributed by atoms with E-state index in [1.165, 1.54) is 88.5 Å². The first-order valence-electron chi connectivity index (χ1n) is 12.8. The Morgan fingerprint density at radius 1 is 0.719 bits per heavy atom. The summed E-state index contributed by atoms with van der Waals surface area (Å²) in [6.45, 7) is 7.16. The number of hydrogen-bond donors (Lipinski definition) is 0. The number of benzene rings is 2. The number of unbranched alkanes of at least 4 members (excludes halogenated alkanes) is 2. The second-order valence-corrected chi connectivity index (χ2v) is 17.2. The Morgan fingerprint density at radius 3 is 1.66 bits per heavy atom. The molecular weight excluding hydrogens is 558 g/mol. The Hall–Kier alpha value is 0.260. The third-order valence-electron chi connectivity index (χ3n) is 7.85. The zero-order valence-electron chi connectivity index (χ0n) is 20.3. The molecule has 3 rings (SSSR count). The van der Waals surface area contributed by atoms with Gasteiger partial charge in [0.1, 0.15) is 0 Å². The van der Waals surface area contributed by atoms with E-state index in [1.54, 1.807) is 12.3 Å². The summed E-state index contributed by atoms with van der Waals surface area (Å²) in [5.74, 6) is 0. The molecular formula is C28H42Br2P2. The molecule has 0 fully saturated rings. The minimum atomic E-state index is -1.19. The summed E-state index contributed by atoms with van der Waals surface area (Å²) < 4.78 is 2.40. The van der Waals surface area contributed by atoms with Crippen molar-refractivity contribution in [2.75, 3.05) is 30.8 Å². The molecule has 1 aliphatic carbocycles. The van der Waals surface area contributed by atoms with Gasteiger partial charge >= 0.3 is 218 Å². The Kier molecular flexibility index (Phi) is 10.3. The fourth-order valence-electron chi connectivity index (χ4n) is 6.18. The molecule has 1 atom stereocenters. The van der Waals surface area contributed by atoms with Gasteiger partial charge < -0.3 is 0 Å². The molecule has 178 valence electrons. The topological polar surface area (TPSA) is 0 Å². The normalized spacial score (nSPS) is 14.9. The number of fused-ring (bicyclic) bond motifs is 3. The van der Waals surface area contributed by atoms with Crippen LogP contribution in [0, 0.1) is 0 Å². The molecule has 0 aliphatic heterocycles. The van der Waals surface area contributed by atoms with Gasteiger partial charge in [0.05, 0.1) is 0 Å². The number of hydrogen-bond acceptors (Lipinski definition) is 0. The van der Waals surface area contributed by atoms with Gasteiger partial charge in [-0.05, 0) is 0 Å². The third kappa shape index (κ3) is 5.73. The molecule has 0 bridgehead atoms. The van der Waals surface area contributed by atoms with Crippen molar-refractivity contribution < 1.29 is 0 Å². The monoisotopic (exact) mass is 598 g/mol. The average molecular weight is 600 g/mol. The molecule has 1 aliphatic rings. The molecule has 0 radical (unpaired) electrons. The first-order valence-corrected chi connectivity index (χ1v) is 18.0. The van der Waals surface area contributed by atoms with Crippen molar-refractivity contribution in [3.05, 3.63) is 56.5 Å². The Bertz CT molecular complexity index is 833. The molecule has 4 heteroatoms. The van der Waals surface area contributed by atoms with E-state index in [0.717, 1.165) is 6.16 Å². The first kappa shape index (κ1) is 26.9. The van der Waals surface area contributed by atoms with Crippen LogP contribution in [0.4, 0.5) is 0 Å². The Balaban J connectivity index is 1.92. The first-order chi connectivity index (χ1) is 15.4. The molecule has 0 aromatic heterocycles. The summed E-state index contributed by atoms with van der Waals surface area (Å²) in [7, 11) is 1.93. The second-order valence-electron chi connectivity index (χ2n) is 9.98. The fraction of sp³-hybridized carbons (Fsp3) is 0.571. The van der Waals surface area contributed by atoms with Gasteiger partial charge in [-0.3, -0.25) is 0 Å². The van der Waals surface area contributed by atoms with Gasteiger partial charge in [-0.2, -0.15) is 0 Å². The van der Waals surface area contributed by atoms with Crippen molar-refractivity contribution in [3.63, 3.8) is 0 Å². The van der Waals surface area contributed by atoms with Crippen LogP contribution < -0.4 is 0 Å². The zero-order chi connectivity index (χ0) is 23.2. The van der Waals surface area contributed by atoms with E-state index in [0.29, 0.717) is 0 Å². The molecule has 2 aromatic carbocycles. The van der Waals surface area contributed by atoms with Crippen molar-refractivity contribution in [3.8, 4) is 11.1 Å². The van der Waals surface area contributed by atoms with Crippen molar-refractivity contribution in [2.24, 2.45) is 0 Å². The summed E-state index contributed by atoms with van der Waals surface area (Å²) >= 11 is 7.55. The molecule has 0 saturated carbocycles. The molecule has 2 aromatic rings. The van der Waals surface area contributed by atoms with Gasteiger partial charge in [-0.1, -0.05) is 0 Å². The standard InChI is InChI=1S/C28H42Br2P2/c1-4-7-16-32(15-6-3,17-8-5-2)18-9-14-28(21-31)26-19-22(29)10-12-24(26)25-13-11-23(30)20-27(25)28/h10-13,19-20,32H,4-9,14-18,21,31H2,1-3H3. The molecule has 1 unspecified atom stereocenters. The van der Waals surface area contributed by atoms with Crippen LogP contribution in [0.3, 0.4) is 0 Å². The van der Waals surface area contributed by atoms with Crippen LogP contribution in [-0.2, 0) is 5.41 Å². The van der Waals surface area contributed by atoms with E-state index in [1.807, 2.05) is 0 Å². The van der Waals surface area contributed by atoms with Crippen LogP contribution in [0.25, 0.3) is 11.1 Å². The van der Waals surface area contributed by atoms with Crippen LogP contribution in [-0.4, -0.2) is 30.8 Å². The van der Waals surface area contributed by atoms with Crippen molar-refractivity contribution in [2.45, 2.75) is 71.1 Å². The molecule has 0 nitrogen and oxygen atoms in total. The van der Waals surface area contributed by atoms with Crippen LogP contribution in [0.2, 0.25) is 0 Å². The zero-order valence-corrected chi connectivity index (χ0v) is 25.6. The van der Waals surface area contributed by atoms with Gasteiger partial charge in [-0.15, -0.1) is 0 Å². The predicted molar refractivity (Wildman–Crippen MR) is 160 cm³/mol. The second kappa shape index (κ2) is 12.3. The van der Waals surface area contributed by atoms with E-state index in [2.05, 4.69) is 98.3 Å². The van der Waals surface area contributed by atoms with E-state index < -0.39 is 7.26 Å². The number of rotatable bonds is 13. The maximum atomic E-state index is 3.77. The van der Waals surface area contributed by atoms with Gasteiger partial charge in [0, 0.05) is 0 Å². The Labute approximate surface area is 216 Å². The molecule has 0 amide bonds. The Morgan fingerprint density at radius 2 is 1.22 bits per heavy atom. The summed E-state index contributed by atoms with van der Waals surface area (Å²) in [5.41, 5.74) is 6.05. The predicted octanol–water partition coefficient (Wildman–Crippen LogP) is 9.89. The van der Waals surface area contributed by atoms with E-state index in [9.17, 15) is 0 Å². The maximum absolute atomic E-state index is 3.77. The van der Waals surface area contributed by atoms with E-state index in [-0.39, 0.29) is 5.41 Å². The molecule has 0 heterocycles. The summed E-state index contributed by atoms with van der Waals surface area (Å²) in [4.78, 5) is 0. The number of halogens is 2. The van der Waals surface area contributed by atoms with Crippen LogP contribution in [0.15, 0.2) is 45.3 Å². The third-order valence-corrected chi connectivity index (χ3v) is 15.3. The molecule has 0 spiro atoms. The molecule has 0 saturated heterocycles. The van der Waals surface area contributed by atoms with Gasteiger partial charge in [0.2, 0.25) is 0 Å².